The van der Waals surface area contributed by atoms with Crippen molar-refractivity contribution in [3.8, 4) is 5.75 Å². The first-order chi connectivity index (χ1) is 10.2. The molecule has 1 aliphatic rings. The number of nitrogens with one attached hydrogen (secondary N) is 1. The quantitative estimate of drug-likeness (QED) is 0.918. The van der Waals surface area contributed by atoms with Crippen LogP contribution in [0.5, 0.6) is 5.75 Å². The Kier molecular flexibility index (Phi) is 4.08. The van der Waals surface area contributed by atoms with E-state index in [4.69, 9.17) is 16.3 Å². The summed E-state index contributed by atoms with van der Waals surface area (Å²) in [5, 5.41) is 3.47. The SMILES string of the molecule is CCOc1ccc(C2NC(=O)c3cc(Cl)ccc3S2)cc1. The van der Waals surface area contributed by atoms with Gasteiger partial charge in [0.1, 0.15) is 11.1 Å². The first-order valence-corrected chi connectivity index (χ1v) is 7.93. The number of hydrogen-bond acceptors (Lipinski definition) is 3. The lowest BCUT2D eigenvalue weighted by Gasteiger charge is -2.25. The van der Waals surface area contributed by atoms with E-state index in [-0.39, 0.29) is 11.3 Å². The third-order valence-electron chi connectivity index (χ3n) is 3.19. The average Bonchev–Trinajstić information content (AvgIpc) is 2.49. The Morgan fingerprint density at radius 1 is 1.24 bits per heavy atom. The molecule has 1 N–H and O–H groups in total. The highest BCUT2D eigenvalue weighted by atomic mass is 35.5. The molecule has 1 aliphatic heterocycles. The Morgan fingerprint density at radius 3 is 2.71 bits per heavy atom. The molecule has 0 saturated carbocycles. The Morgan fingerprint density at radius 2 is 2.00 bits per heavy atom. The number of fused-ring (bicyclic) bond motifs is 1. The van der Waals surface area contributed by atoms with Crippen LogP contribution in [0.2, 0.25) is 5.02 Å². The molecule has 1 heterocycles. The van der Waals surface area contributed by atoms with Gasteiger partial charge in [-0.1, -0.05) is 35.5 Å². The van der Waals surface area contributed by atoms with E-state index in [0.29, 0.717) is 17.2 Å². The molecule has 1 atom stereocenters. The van der Waals surface area contributed by atoms with Gasteiger partial charge in [0.05, 0.1) is 12.2 Å². The van der Waals surface area contributed by atoms with E-state index < -0.39 is 0 Å². The fourth-order valence-electron chi connectivity index (χ4n) is 2.19. The number of benzene rings is 2. The van der Waals surface area contributed by atoms with Gasteiger partial charge in [0, 0.05) is 9.92 Å². The minimum atomic E-state index is -0.0955. The third-order valence-corrected chi connectivity index (χ3v) is 4.66. The van der Waals surface area contributed by atoms with Crippen molar-refractivity contribution < 1.29 is 9.53 Å². The van der Waals surface area contributed by atoms with E-state index in [1.165, 1.54) is 0 Å². The zero-order chi connectivity index (χ0) is 14.8. The monoisotopic (exact) mass is 319 g/mol. The molecule has 0 radical (unpaired) electrons. The maximum atomic E-state index is 12.2. The zero-order valence-electron chi connectivity index (χ0n) is 11.4. The van der Waals surface area contributed by atoms with Gasteiger partial charge in [-0.3, -0.25) is 4.79 Å². The average molecular weight is 320 g/mol. The summed E-state index contributed by atoms with van der Waals surface area (Å²) in [5.74, 6) is 0.741. The van der Waals surface area contributed by atoms with Gasteiger partial charge in [-0.25, -0.2) is 0 Å². The number of ether oxygens (including phenoxy) is 1. The molecule has 2 aromatic rings. The second-order valence-electron chi connectivity index (χ2n) is 4.61. The fraction of sp³-hybridized carbons (Fsp3) is 0.188. The Bertz CT molecular complexity index is 672. The maximum absolute atomic E-state index is 12.2. The molecule has 2 aromatic carbocycles. The number of rotatable bonds is 3. The van der Waals surface area contributed by atoms with Crippen LogP contribution in [-0.2, 0) is 0 Å². The molecule has 0 spiro atoms. The van der Waals surface area contributed by atoms with Crippen molar-refractivity contribution in [1.29, 1.82) is 0 Å². The Hall–Kier alpha value is -1.65. The van der Waals surface area contributed by atoms with Gasteiger partial charge < -0.3 is 10.1 Å². The number of amides is 1. The molecule has 3 rings (SSSR count). The Balaban J connectivity index is 1.85. The maximum Gasteiger partial charge on any atom is 0.253 e. The highest BCUT2D eigenvalue weighted by Gasteiger charge is 2.26. The lowest BCUT2D eigenvalue weighted by atomic mass is 10.1. The molecule has 0 aliphatic carbocycles. The van der Waals surface area contributed by atoms with Crippen LogP contribution in [0, 0.1) is 0 Å². The van der Waals surface area contributed by atoms with Gasteiger partial charge in [0.2, 0.25) is 0 Å². The molecule has 21 heavy (non-hydrogen) atoms. The molecular weight excluding hydrogens is 306 g/mol. The topological polar surface area (TPSA) is 38.3 Å². The van der Waals surface area contributed by atoms with Crippen LogP contribution in [0.25, 0.3) is 0 Å². The van der Waals surface area contributed by atoms with Crippen molar-refractivity contribution >= 4 is 29.3 Å². The van der Waals surface area contributed by atoms with Crippen molar-refractivity contribution in [2.45, 2.75) is 17.2 Å². The van der Waals surface area contributed by atoms with E-state index in [0.717, 1.165) is 16.2 Å². The molecule has 3 nitrogen and oxygen atoms in total. The third kappa shape index (κ3) is 3.01. The summed E-state index contributed by atoms with van der Waals surface area (Å²) in [6.07, 6.45) is 0. The smallest absolute Gasteiger partial charge is 0.253 e. The standard InChI is InChI=1S/C16H14ClNO2S/c1-2-20-12-6-3-10(4-7-12)16-18-15(19)13-9-11(17)5-8-14(13)21-16/h3-9,16H,2H2,1H3,(H,18,19). The highest BCUT2D eigenvalue weighted by molar-refractivity contribution is 7.99. The van der Waals surface area contributed by atoms with Crippen molar-refractivity contribution in [3.05, 3.63) is 58.6 Å². The number of carbonyl (C=O) groups excluding carboxylic acids is 1. The van der Waals surface area contributed by atoms with Crippen molar-refractivity contribution in [2.75, 3.05) is 6.61 Å². The van der Waals surface area contributed by atoms with Crippen LogP contribution in [-0.4, -0.2) is 12.5 Å². The number of thioether (sulfide) groups is 1. The molecule has 1 unspecified atom stereocenters. The van der Waals surface area contributed by atoms with Crippen LogP contribution < -0.4 is 10.1 Å². The minimum Gasteiger partial charge on any atom is -0.494 e. The highest BCUT2D eigenvalue weighted by Crippen LogP contribution is 2.40. The molecular formula is C16H14ClNO2S. The summed E-state index contributed by atoms with van der Waals surface area (Å²) >= 11 is 7.55. The number of hydrogen-bond donors (Lipinski definition) is 1. The predicted octanol–water partition coefficient (Wildman–Crippen LogP) is 4.27. The summed E-state index contributed by atoms with van der Waals surface area (Å²) in [4.78, 5) is 13.1. The van der Waals surface area contributed by atoms with Crippen LogP contribution in [0.1, 0.15) is 28.2 Å². The lowest BCUT2D eigenvalue weighted by Crippen LogP contribution is -2.30. The lowest BCUT2D eigenvalue weighted by molar-refractivity contribution is 0.0943. The minimum absolute atomic E-state index is 0.0925. The number of carbonyl (C=O) groups is 1. The number of halogens is 1. The van der Waals surface area contributed by atoms with Crippen molar-refractivity contribution in [2.24, 2.45) is 0 Å². The van der Waals surface area contributed by atoms with Gasteiger partial charge in [-0.15, -0.1) is 0 Å². The van der Waals surface area contributed by atoms with E-state index in [9.17, 15) is 4.79 Å². The van der Waals surface area contributed by atoms with Gasteiger partial charge in [0.25, 0.3) is 5.91 Å². The van der Waals surface area contributed by atoms with E-state index in [2.05, 4.69) is 5.32 Å². The normalized spacial score (nSPS) is 17.0. The van der Waals surface area contributed by atoms with Crippen LogP contribution in [0.4, 0.5) is 0 Å². The molecule has 0 saturated heterocycles. The van der Waals surface area contributed by atoms with Crippen LogP contribution in [0.15, 0.2) is 47.4 Å². The molecule has 5 heteroatoms. The summed E-state index contributed by atoms with van der Waals surface area (Å²) < 4.78 is 5.43. The molecule has 0 aromatic heterocycles. The van der Waals surface area contributed by atoms with Gasteiger partial charge >= 0.3 is 0 Å². The zero-order valence-corrected chi connectivity index (χ0v) is 13.0. The van der Waals surface area contributed by atoms with Crippen molar-refractivity contribution in [3.63, 3.8) is 0 Å². The first-order valence-electron chi connectivity index (χ1n) is 6.67. The second kappa shape index (κ2) is 6.00. The van der Waals surface area contributed by atoms with E-state index >= 15 is 0 Å². The summed E-state index contributed by atoms with van der Waals surface area (Å²) in [5.41, 5.74) is 1.67. The second-order valence-corrected chi connectivity index (χ2v) is 6.20. The predicted molar refractivity (Wildman–Crippen MR) is 85.1 cm³/mol. The Labute approximate surface area is 132 Å². The van der Waals surface area contributed by atoms with Crippen LogP contribution >= 0.6 is 23.4 Å². The largest absolute Gasteiger partial charge is 0.494 e. The summed E-state index contributed by atoms with van der Waals surface area (Å²) in [6.45, 7) is 2.59. The first kappa shape index (κ1) is 14.3. The summed E-state index contributed by atoms with van der Waals surface area (Å²) in [7, 11) is 0. The summed E-state index contributed by atoms with van der Waals surface area (Å²) in [6, 6.07) is 13.2. The molecule has 108 valence electrons. The fourth-order valence-corrected chi connectivity index (χ4v) is 3.50. The van der Waals surface area contributed by atoms with Gasteiger partial charge in [0.15, 0.2) is 0 Å². The van der Waals surface area contributed by atoms with E-state index in [1.54, 1.807) is 23.9 Å². The van der Waals surface area contributed by atoms with Gasteiger partial charge in [-0.05, 0) is 42.8 Å². The van der Waals surface area contributed by atoms with Crippen LogP contribution in [0.3, 0.4) is 0 Å². The molecule has 0 fully saturated rings. The molecule has 1 amide bonds. The van der Waals surface area contributed by atoms with Gasteiger partial charge in [-0.2, -0.15) is 0 Å². The van der Waals surface area contributed by atoms with E-state index in [1.807, 2.05) is 37.3 Å². The molecule has 0 bridgehead atoms. The van der Waals surface area contributed by atoms with Crippen molar-refractivity contribution in [1.82, 2.24) is 5.32 Å².